The third-order valence-corrected chi connectivity index (χ3v) is 5.12. The van der Waals surface area contributed by atoms with Gasteiger partial charge < -0.3 is 4.90 Å². The van der Waals surface area contributed by atoms with Gasteiger partial charge in [0.25, 0.3) is 5.91 Å². The summed E-state index contributed by atoms with van der Waals surface area (Å²) in [5, 5.41) is 10.8. The monoisotopic (exact) mass is 425 g/mol. The molecule has 0 radical (unpaired) electrons. The number of para-hydroxylation sites is 1. The van der Waals surface area contributed by atoms with Gasteiger partial charge in [-0.2, -0.15) is 23.4 Å². The Morgan fingerprint density at radius 2 is 1.93 bits per heavy atom. The van der Waals surface area contributed by atoms with E-state index in [1.54, 1.807) is 26.0 Å². The van der Waals surface area contributed by atoms with Crippen molar-refractivity contribution >= 4 is 17.5 Å². The zero-order valence-corrected chi connectivity index (χ0v) is 16.9. The number of carbonyl (C=O) groups is 1. The maximum atomic E-state index is 13.3. The molecule has 3 rings (SSSR count). The number of nitrogens with zero attached hydrogens (tertiary/aromatic N) is 4. The van der Waals surface area contributed by atoms with Gasteiger partial charge in [-0.05, 0) is 32.9 Å². The number of hydrogen-bond donors (Lipinski definition) is 1. The summed E-state index contributed by atoms with van der Waals surface area (Å²) < 4.78 is 40.8. The number of halogens is 4. The summed E-state index contributed by atoms with van der Waals surface area (Å²) in [6.07, 6.45) is -4.70. The number of aromatic amines is 1. The lowest BCUT2D eigenvalue weighted by molar-refractivity contribution is -0.141. The first-order valence-corrected chi connectivity index (χ1v) is 9.11. The number of H-pyrrole nitrogens is 1. The highest BCUT2D eigenvalue weighted by Gasteiger charge is 2.37. The van der Waals surface area contributed by atoms with Crippen LogP contribution in [0.3, 0.4) is 0 Å². The Balaban J connectivity index is 2.08. The van der Waals surface area contributed by atoms with Crippen LogP contribution in [0.15, 0.2) is 30.3 Å². The minimum absolute atomic E-state index is 0.176. The fourth-order valence-electron chi connectivity index (χ4n) is 3.20. The van der Waals surface area contributed by atoms with Crippen LogP contribution >= 0.6 is 11.6 Å². The van der Waals surface area contributed by atoms with Gasteiger partial charge in [-0.25, -0.2) is 4.68 Å². The predicted molar refractivity (Wildman–Crippen MR) is 102 cm³/mol. The molecule has 1 amide bonds. The van der Waals surface area contributed by atoms with Gasteiger partial charge in [0.1, 0.15) is 5.69 Å². The number of carbonyl (C=O) groups excluding carboxylic acids is 1. The van der Waals surface area contributed by atoms with E-state index in [1.165, 1.54) is 24.1 Å². The van der Waals surface area contributed by atoms with Gasteiger partial charge in [-0.3, -0.25) is 9.89 Å². The zero-order chi connectivity index (χ0) is 21.5. The SMILES string of the molecule is Cc1n[nH]c(C)c1C(C)N(C)C(=O)c1cc(C(F)(F)F)nn1-c1ccccc1Cl. The molecule has 0 bridgehead atoms. The Bertz CT molecular complexity index is 1040. The van der Waals surface area contributed by atoms with E-state index in [0.717, 1.165) is 22.0 Å². The molecule has 6 nitrogen and oxygen atoms in total. The largest absolute Gasteiger partial charge is 0.435 e. The summed E-state index contributed by atoms with van der Waals surface area (Å²) in [5.74, 6) is -0.625. The topological polar surface area (TPSA) is 66.8 Å². The van der Waals surface area contributed by atoms with E-state index in [1.807, 2.05) is 6.92 Å². The molecule has 0 spiro atoms. The Kier molecular flexibility index (Phi) is 5.44. The second kappa shape index (κ2) is 7.55. The van der Waals surface area contributed by atoms with Crippen molar-refractivity contribution in [1.82, 2.24) is 24.9 Å². The highest BCUT2D eigenvalue weighted by atomic mass is 35.5. The molecule has 2 heterocycles. The number of aryl methyl sites for hydroxylation is 2. The van der Waals surface area contributed by atoms with E-state index in [9.17, 15) is 18.0 Å². The maximum Gasteiger partial charge on any atom is 0.435 e. The molecule has 1 atom stereocenters. The van der Waals surface area contributed by atoms with E-state index in [2.05, 4.69) is 15.3 Å². The van der Waals surface area contributed by atoms with Crippen LogP contribution in [0, 0.1) is 13.8 Å². The van der Waals surface area contributed by atoms with Gasteiger partial charge in [-0.1, -0.05) is 23.7 Å². The highest BCUT2D eigenvalue weighted by molar-refractivity contribution is 6.32. The van der Waals surface area contributed by atoms with Crippen LogP contribution in [0.25, 0.3) is 5.69 Å². The Labute approximate surface area is 170 Å². The first-order chi connectivity index (χ1) is 13.5. The van der Waals surface area contributed by atoms with Crippen molar-refractivity contribution in [2.45, 2.75) is 33.0 Å². The first-order valence-electron chi connectivity index (χ1n) is 8.73. The third kappa shape index (κ3) is 3.87. The number of benzene rings is 1. The lowest BCUT2D eigenvalue weighted by atomic mass is 10.1. The molecule has 0 saturated heterocycles. The molecular weight excluding hydrogens is 407 g/mol. The zero-order valence-electron chi connectivity index (χ0n) is 16.2. The summed E-state index contributed by atoms with van der Waals surface area (Å²) in [5.41, 5.74) is 1.08. The van der Waals surface area contributed by atoms with Crippen molar-refractivity contribution in [3.05, 3.63) is 63.7 Å². The number of rotatable bonds is 4. The lowest BCUT2D eigenvalue weighted by Gasteiger charge is -2.25. The van der Waals surface area contributed by atoms with Crippen LogP contribution in [0.5, 0.6) is 0 Å². The second-order valence-electron chi connectivity index (χ2n) is 6.72. The van der Waals surface area contributed by atoms with E-state index in [0.29, 0.717) is 5.69 Å². The van der Waals surface area contributed by atoms with Crippen molar-refractivity contribution < 1.29 is 18.0 Å². The van der Waals surface area contributed by atoms with Crippen molar-refractivity contribution in [2.24, 2.45) is 0 Å². The van der Waals surface area contributed by atoms with Gasteiger partial charge in [0.2, 0.25) is 0 Å². The van der Waals surface area contributed by atoms with Gasteiger partial charge in [0, 0.05) is 24.4 Å². The quantitative estimate of drug-likeness (QED) is 0.657. The number of alkyl halides is 3. The Hall–Kier alpha value is -2.81. The normalized spacial score (nSPS) is 12.8. The molecule has 0 fully saturated rings. The van der Waals surface area contributed by atoms with Gasteiger partial charge >= 0.3 is 6.18 Å². The molecule has 3 aromatic rings. The van der Waals surface area contributed by atoms with Crippen molar-refractivity contribution in [3.8, 4) is 5.69 Å². The Morgan fingerprint density at radius 1 is 1.28 bits per heavy atom. The van der Waals surface area contributed by atoms with E-state index in [4.69, 9.17) is 11.6 Å². The van der Waals surface area contributed by atoms with Crippen molar-refractivity contribution in [2.75, 3.05) is 7.05 Å². The average Bonchev–Trinajstić information content (AvgIpc) is 3.24. The Morgan fingerprint density at radius 3 is 2.48 bits per heavy atom. The first kappa shape index (κ1) is 20.9. The van der Waals surface area contributed by atoms with Crippen LogP contribution in [0.1, 0.15) is 46.1 Å². The molecule has 1 N–H and O–H groups in total. The minimum Gasteiger partial charge on any atom is -0.333 e. The fraction of sp³-hybridized carbons (Fsp3) is 0.316. The van der Waals surface area contributed by atoms with Gasteiger partial charge in [-0.15, -0.1) is 0 Å². The van der Waals surface area contributed by atoms with Gasteiger partial charge in [0.15, 0.2) is 5.69 Å². The predicted octanol–water partition coefficient (Wildman–Crippen LogP) is 4.72. The second-order valence-corrected chi connectivity index (χ2v) is 7.12. The molecular formula is C19H19ClF3N5O. The molecule has 0 aliphatic rings. The van der Waals surface area contributed by atoms with E-state index in [-0.39, 0.29) is 16.4 Å². The highest BCUT2D eigenvalue weighted by Crippen LogP contribution is 2.32. The summed E-state index contributed by atoms with van der Waals surface area (Å²) in [6, 6.07) is 6.58. The van der Waals surface area contributed by atoms with Crippen LogP contribution in [-0.2, 0) is 6.18 Å². The van der Waals surface area contributed by atoms with E-state index >= 15 is 0 Å². The number of nitrogens with one attached hydrogen (secondary N) is 1. The standard InChI is InChI=1S/C19H19ClF3N5O/c1-10-17(11(2)25-24-10)12(3)27(4)18(29)15-9-16(19(21,22)23)26-28(15)14-8-6-5-7-13(14)20/h5-9,12H,1-4H3,(H,24,25). The summed E-state index contributed by atoms with van der Waals surface area (Å²) >= 11 is 6.14. The van der Waals surface area contributed by atoms with Crippen LogP contribution in [-0.4, -0.2) is 37.8 Å². The minimum atomic E-state index is -4.70. The number of hydrogen-bond acceptors (Lipinski definition) is 3. The molecule has 0 aliphatic heterocycles. The lowest BCUT2D eigenvalue weighted by Crippen LogP contribution is -2.31. The van der Waals surface area contributed by atoms with Crippen molar-refractivity contribution in [1.29, 1.82) is 0 Å². The summed E-state index contributed by atoms with van der Waals surface area (Å²) in [7, 11) is 1.52. The van der Waals surface area contributed by atoms with Gasteiger partial charge in [0.05, 0.1) is 22.4 Å². The number of amides is 1. The fourth-order valence-corrected chi connectivity index (χ4v) is 3.42. The van der Waals surface area contributed by atoms with Crippen LogP contribution < -0.4 is 0 Å². The van der Waals surface area contributed by atoms with Crippen LogP contribution in [0.2, 0.25) is 5.02 Å². The molecule has 1 unspecified atom stereocenters. The smallest absolute Gasteiger partial charge is 0.333 e. The number of aromatic nitrogens is 4. The van der Waals surface area contributed by atoms with Crippen LogP contribution in [0.4, 0.5) is 13.2 Å². The van der Waals surface area contributed by atoms with Crippen molar-refractivity contribution in [3.63, 3.8) is 0 Å². The molecule has 0 aliphatic carbocycles. The molecule has 154 valence electrons. The molecule has 10 heteroatoms. The third-order valence-electron chi connectivity index (χ3n) is 4.80. The molecule has 29 heavy (non-hydrogen) atoms. The molecule has 0 saturated carbocycles. The summed E-state index contributed by atoms with van der Waals surface area (Å²) in [4.78, 5) is 14.5. The molecule has 2 aromatic heterocycles. The maximum absolute atomic E-state index is 13.3. The summed E-state index contributed by atoms with van der Waals surface area (Å²) in [6.45, 7) is 5.40. The van der Waals surface area contributed by atoms with E-state index < -0.39 is 23.8 Å². The molecule has 1 aromatic carbocycles. The average molecular weight is 426 g/mol.